The Morgan fingerprint density at radius 3 is 1.41 bits per heavy atom. The number of halogens is 6. The van der Waals surface area contributed by atoms with Crippen LogP contribution in [0.3, 0.4) is 0 Å². The zero-order valence-corrected chi connectivity index (χ0v) is 16.4. The van der Waals surface area contributed by atoms with Crippen molar-refractivity contribution in [3.8, 4) is 0 Å². The minimum absolute atomic E-state index is 1.11. The molecule has 0 aliphatic carbocycles. The Bertz CT molecular complexity index is 369. The van der Waals surface area contributed by atoms with Gasteiger partial charge in [-0.1, -0.05) is 0 Å². The first-order chi connectivity index (χ1) is 7.20. The predicted molar refractivity (Wildman–Crippen MR) is 79.5 cm³/mol. The molecule has 9 heteroatoms. The summed E-state index contributed by atoms with van der Waals surface area (Å²) in [6.45, 7) is 4.02. The summed E-state index contributed by atoms with van der Waals surface area (Å²) in [7, 11) is 26.6. The van der Waals surface area contributed by atoms with Crippen LogP contribution in [0.1, 0.15) is 11.4 Å². The maximum atomic E-state index is 5.09. The average Bonchev–Trinajstić information content (AvgIpc) is 1.98. The van der Waals surface area contributed by atoms with Crippen molar-refractivity contribution >= 4 is 62.1 Å². The molecule has 0 amide bonds. The maximum absolute atomic E-state index is 5.42. The normalized spacial score (nSPS) is 15.1. The fourth-order valence-corrected chi connectivity index (χ4v) is 1.03. The number of pyridine rings is 1. The third kappa shape index (κ3) is 13.7. The molecular formula is C8H12Cl6NOSb. The van der Waals surface area contributed by atoms with Crippen molar-refractivity contribution in [1.29, 1.82) is 0 Å². The molecule has 0 unspecified atom stereocenters. The summed E-state index contributed by atoms with van der Waals surface area (Å²) in [6, 6.07) is 6.03. The summed E-state index contributed by atoms with van der Waals surface area (Å²) in [6.07, 6.45) is 0. The number of aryl methyl sites for hydroxylation is 2. The molecule has 0 bridgehead atoms. The molecule has 0 atom stereocenters. The Labute approximate surface area is 121 Å². The predicted octanol–water partition coefficient (Wildman–Crippen LogP) is 4.41. The summed E-state index contributed by atoms with van der Waals surface area (Å²) >= 11 is 0. The van der Waals surface area contributed by atoms with Crippen molar-refractivity contribution in [2.75, 3.05) is 7.11 Å². The van der Waals surface area contributed by atoms with Gasteiger partial charge in [-0.25, -0.2) is 0 Å². The van der Waals surface area contributed by atoms with Gasteiger partial charge in [0.05, 0.1) is 0 Å². The van der Waals surface area contributed by atoms with Crippen LogP contribution in [0.4, 0.5) is 0 Å². The van der Waals surface area contributed by atoms with Crippen LogP contribution < -0.4 is 9.57 Å². The van der Waals surface area contributed by atoms with Gasteiger partial charge in [0.2, 0.25) is 11.4 Å². The number of rotatable bonds is 1. The Morgan fingerprint density at radius 2 is 1.24 bits per heavy atom. The molecule has 0 saturated heterocycles. The van der Waals surface area contributed by atoms with Gasteiger partial charge in [0.25, 0.3) is 0 Å². The Kier molecular flexibility index (Phi) is 5.97. The Morgan fingerprint density at radius 1 is 0.941 bits per heavy atom. The number of hydrogen-bond donors (Lipinski definition) is 0. The van der Waals surface area contributed by atoms with E-state index in [1.807, 2.05) is 32.0 Å². The molecule has 17 heavy (non-hydrogen) atoms. The zero-order valence-electron chi connectivity index (χ0n) is 9.30. The van der Waals surface area contributed by atoms with E-state index in [1.165, 1.54) is 0 Å². The van der Waals surface area contributed by atoms with Crippen LogP contribution in [-0.4, -0.2) is 16.2 Å². The van der Waals surface area contributed by atoms with Crippen LogP contribution in [0.2, 0.25) is 0 Å². The first-order valence-corrected chi connectivity index (χ1v) is 23.7. The van der Waals surface area contributed by atoms with Gasteiger partial charge in [-0.05, 0) is 6.07 Å². The number of nitrogens with zero attached hydrogens (tertiary/aromatic N) is 1. The van der Waals surface area contributed by atoms with Gasteiger partial charge in [0.15, 0.2) is 0 Å². The second kappa shape index (κ2) is 5.48. The first-order valence-electron chi connectivity index (χ1n) is 4.30. The molecule has 0 N–H and O–H groups in total. The van der Waals surface area contributed by atoms with Gasteiger partial charge in [0, 0.05) is 30.7 Å². The van der Waals surface area contributed by atoms with Crippen molar-refractivity contribution in [3.05, 3.63) is 29.6 Å². The molecule has 1 aromatic heterocycles. The molecule has 0 aromatic carbocycles. The SMILES string of the molecule is CO[n+]1c(C)cccc1C.[Cl][Sb-]([Cl])([Cl])([Cl])([Cl])[Cl]. The van der Waals surface area contributed by atoms with Gasteiger partial charge >= 0.3 is 62.1 Å². The summed E-state index contributed by atoms with van der Waals surface area (Å²) in [4.78, 5) is 5.09. The topological polar surface area (TPSA) is 13.1 Å². The van der Waals surface area contributed by atoms with E-state index in [1.54, 1.807) is 11.8 Å². The zero-order chi connectivity index (χ0) is 14.0. The molecule has 0 fully saturated rings. The van der Waals surface area contributed by atoms with Crippen molar-refractivity contribution in [1.82, 2.24) is 0 Å². The van der Waals surface area contributed by atoms with Gasteiger partial charge in [-0.15, -0.1) is 0 Å². The molecule has 102 valence electrons. The van der Waals surface area contributed by atoms with Crippen LogP contribution in [0, 0.1) is 13.8 Å². The molecule has 0 radical (unpaired) electrons. The van der Waals surface area contributed by atoms with E-state index >= 15 is 0 Å². The fraction of sp³-hybridized carbons (Fsp3) is 0.375. The quantitative estimate of drug-likeness (QED) is 0.436. The van der Waals surface area contributed by atoms with Crippen LogP contribution in [0.25, 0.3) is 0 Å². The van der Waals surface area contributed by atoms with Crippen LogP contribution >= 0.6 is 53.0 Å². The third-order valence-corrected chi connectivity index (χ3v) is 1.50. The Balaban J connectivity index is 0.000000325. The van der Waals surface area contributed by atoms with E-state index in [2.05, 4.69) is 0 Å². The molecule has 1 rings (SSSR count). The monoisotopic (exact) mass is 469 g/mol. The van der Waals surface area contributed by atoms with Gasteiger partial charge in [0.1, 0.15) is 7.11 Å². The summed E-state index contributed by atoms with van der Waals surface area (Å²) in [5, 5.41) is 0. The summed E-state index contributed by atoms with van der Waals surface area (Å²) in [5.41, 5.74) is 2.23. The van der Waals surface area contributed by atoms with Crippen molar-refractivity contribution < 1.29 is 9.57 Å². The Hall–Kier alpha value is 1.51. The van der Waals surface area contributed by atoms with Crippen LogP contribution in [0.5, 0.6) is 0 Å². The summed E-state index contributed by atoms with van der Waals surface area (Å²) in [5.74, 6) is 0. The molecule has 2 nitrogen and oxygen atoms in total. The van der Waals surface area contributed by atoms with E-state index in [4.69, 9.17) is 57.8 Å². The molecule has 1 aromatic rings. The molecule has 0 aliphatic heterocycles. The standard InChI is InChI=1S/C8H12NO.6ClH.Sb/c1-7-5-4-6-8(2)9(7)10-3;;;;;;;/h4-6H,1-3H3;6*1H;/q+1;;;;;;;+5/p-6. The molecule has 1 heterocycles. The molecule has 0 saturated carbocycles. The molecular weight excluding hydrogens is 461 g/mol. The van der Waals surface area contributed by atoms with Gasteiger partial charge in [-0.2, -0.15) is 0 Å². The van der Waals surface area contributed by atoms with E-state index < -0.39 is 9.14 Å². The minimum atomic E-state index is -5.42. The van der Waals surface area contributed by atoms with E-state index in [-0.39, 0.29) is 0 Å². The van der Waals surface area contributed by atoms with Gasteiger partial charge in [-0.3, -0.25) is 4.84 Å². The average molecular weight is 473 g/mol. The van der Waals surface area contributed by atoms with Crippen molar-refractivity contribution in [3.63, 3.8) is 0 Å². The number of aromatic nitrogens is 1. The van der Waals surface area contributed by atoms with Crippen LogP contribution in [0.15, 0.2) is 18.2 Å². The van der Waals surface area contributed by atoms with Crippen molar-refractivity contribution in [2.45, 2.75) is 13.8 Å². The molecule has 0 aliphatic rings. The van der Waals surface area contributed by atoms with Crippen molar-refractivity contribution in [2.24, 2.45) is 0 Å². The molecule has 0 spiro atoms. The van der Waals surface area contributed by atoms with Gasteiger partial charge < -0.3 is 0 Å². The van der Waals surface area contributed by atoms with Crippen LogP contribution in [-0.2, 0) is 0 Å². The van der Waals surface area contributed by atoms with E-state index in [0.29, 0.717) is 0 Å². The van der Waals surface area contributed by atoms with E-state index in [0.717, 1.165) is 11.4 Å². The fourth-order valence-electron chi connectivity index (χ4n) is 1.03. The number of hydrogen-bond acceptors (Lipinski definition) is 1. The second-order valence-corrected chi connectivity index (χ2v) is 60.1. The second-order valence-electron chi connectivity index (χ2n) is 3.24. The first kappa shape index (κ1) is 18.5. The third-order valence-electron chi connectivity index (χ3n) is 1.50. The van der Waals surface area contributed by atoms with E-state index in [9.17, 15) is 0 Å². The summed E-state index contributed by atoms with van der Waals surface area (Å²) < 4.78 is 1.79.